The zero-order valence-corrected chi connectivity index (χ0v) is 8.03. The summed E-state index contributed by atoms with van der Waals surface area (Å²) in [6.45, 7) is 2.13. The van der Waals surface area contributed by atoms with E-state index >= 15 is 0 Å². The van der Waals surface area contributed by atoms with Gasteiger partial charge in [-0.1, -0.05) is 36.3 Å². The highest BCUT2D eigenvalue weighted by Gasteiger charge is 2.05. The third kappa shape index (κ3) is 1.48. The Hall–Kier alpha value is -1.77. The van der Waals surface area contributed by atoms with Crippen LogP contribution in [0.5, 0.6) is 0 Å². The van der Waals surface area contributed by atoms with Crippen LogP contribution in [0.4, 0.5) is 5.82 Å². The van der Waals surface area contributed by atoms with E-state index in [-0.39, 0.29) is 0 Å². The van der Waals surface area contributed by atoms with Crippen LogP contribution in [0.2, 0.25) is 0 Å². The van der Waals surface area contributed by atoms with Gasteiger partial charge >= 0.3 is 0 Å². The van der Waals surface area contributed by atoms with E-state index in [4.69, 9.17) is 10.3 Å². The maximum absolute atomic E-state index is 5.64. The van der Waals surface area contributed by atoms with E-state index in [1.54, 1.807) is 6.26 Å². The molecule has 3 nitrogen and oxygen atoms in total. The molecule has 0 saturated carbocycles. The van der Waals surface area contributed by atoms with Gasteiger partial charge in [-0.05, 0) is 17.5 Å². The Morgan fingerprint density at radius 3 is 2.50 bits per heavy atom. The summed E-state index contributed by atoms with van der Waals surface area (Å²) >= 11 is 0. The summed E-state index contributed by atoms with van der Waals surface area (Å²) in [5.41, 5.74) is 8.84. The zero-order chi connectivity index (χ0) is 9.97. The molecule has 2 rings (SSSR count). The summed E-state index contributed by atoms with van der Waals surface area (Å²) in [6.07, 6.45) is 2.61. The van der Waals surface area contributed by atoms with E-state index in [1.165, 1.54) is 5.56 Å². The second-order valence-corrected chi connectivity index (χ2v) is 3.16. The molecule has 1 heterocycles. The Kier molecular flexibility index (Phi) is 2.23. The normalized spacial score (nSPS) is 10.4. The molecule has 0 atom stereocenters. The zero-order valence-electron chi connectivity index (χ0n) is 8.03. The van der Waals surface area contributed by atoms with Crippen molar-refractivity contribution in [3.63, 3.8) is 0 Å². The first-order valence-corrected chi connectivity index (χ1v) is 4.60. The topological polar surface area (TPSA) is 52.0 Å². The predicted molar refractivity (Wildman–Crippen MR) is 55.7 cm³/mol. The summed E-state index contributed by atoms with van der Waals surface area (Å²) in [6, 6.07) is 8.23. The number of aryl methyl sites for hydroxylation is 1. The summed E-state index contributed by atoms with van der Waals surface area (Å²) in [5, 5.41) is 3.64. The van der Waals surface area contributed by atoms with Crippen molar-refractivity contribution in [3.8, 4) is 11.1 Å². The van der Waals surface area contributed by atoms with Gasteiger partial charge in [0.2, 0.25) is 0 Å². The van der Waals surface area contributed by atoms with Gasteiger partial charge in [0.05, 0.1) is 5.56 Å². The summed E-state index contributed by atoms with van der Waals surface area (Å²) < 4.78 is 4.78. The van der Waals surface area contributed by atoms with E-state index in [2.05, 4.69) is 24.2 Å². The number of hydrogen-bond acceptors (Lipinski definition) is 3. The lowest BCUT2D eigenvalue weighted by atomic mass is 10.1. The monoisotopic (exact) mass is 188 g/mol. The van der Waals surface area contributed by atoms with Crippen molar-refractivity contribution in [1.29, 1.82) is 0 Å². The third-order valence-electron chi connectivity index (χ3n) is 2.27. The molecule has 1 aromatic heterocycles. The average molecular weight is 188 g/mol. The summed E-state index contributed by atoms with van der Waals surface area (Å²) in [7, 11) is 0. The van der Waals surface area contributed by atoms with Crippen molar-refractivity contribution in [3.05, 3.63) is 36.1 Å². The Balaban J connectivity index is 2.39. The Morgan fingerprint density at radius 1 is 1.29 bits per heavy atom. The largest absolute Gasteiger partial charge is 0.380 e. The van der Waals surface area contributed by atoms with E-state index in [0.29, 0.717) is 5.82 Å². The first-order chi connectivity index (χ1) is 6.81. The number of anilines is 1. The molecule has 14 heavy (non-hydrogen) atoms. The molecule has 0 unspecified atom stereocenters. The van der Waals surface area contributed by atoms with Crippen molar-refractivity contribution >= 4 is 5.82 Å². The van der Waals surface area contributed by atoms with Crippen molar-refractivity contribution in [2.75, 3.05) is 5.73 Å². The van der Waals surface area contributed by atoms with Gasteiger partial charge in [0.15, 0.2) is 5.82 Å². The molecule has 1 aromatic carbocycles. The quantitative estimate of drug-likeness (QED) is 0.787. The number of benzene rings is 1. The van der Waals surface area contributed by atoms with Crippen LogP contribution in [0.1, 0.15) is 12.5 Å². The Bertz CT molecular complexity index is 417. The van der Waals surface area contributed by atoms with Gasteiger partial charge in [-0.3, -0.25) is 0 Å². The molecule has 0 amide bonds. The molecule has 3 heteroatoms. The maximum Gasteiger partial charge on any atom is 0.174 e. The number of nitrogen functional groups attached to an aromatic ring is 1. The first-order valence-electron chi connectivity index (χ1n) is 4.60. The molecule has 0 bridgehead atoms. The number of nitrogens with two attached hydrogens (primary N) is 1. The van der Waals surface area contributed by atoms with Crippen LogP contribution in [0.15, 0.2) is 35.1 Å². The number of rotatable bonds is 2. The number of aromatic nitrogens is 1. The van der Waals surface area contributed by atoms with Crippen LogP contribution in [-0.4, -0.2) is 5.16 Å². The lowest BCUT2D eigenvalue weighted by Gasteiger charge is -1.99. The van der Waals surface area contributed by atoms with Crippen LogP contribution < -0.4 is 5.73 Å². The molecular formula is C11H12N2O. The molecule has 72 valence electrons. The predicted octanol–water partition coefficient (Wildman–Crippen LogP) is 2.49. The fourth-order valence-electron chi connectivity index (χ4n) is 1.38. The molecule has 0 spiro atoms. The molecule has 2 aromatic rings. The van der Waals surface area contributed by atoms with Crippen LogP contribution in [0, 0.1) is 0 Å². The molecular weight excluding hydrogens is 176 g/mol. The Labute approximate surface area is 82.5 Å². The van der Waals surface area contributed by atoms with E-state index in [9.17, 15) is 0 Å². The summed E-state index contributed by atoms with van der Waals surface area (Å²) in [4.78, 5) is 0. The molecule has 0 aliphatic rings. The minimum absolute atomic E-state index is 0.439. The van der Waals surface area contributed by atoms with Crippen molar-refractivity contribution in [2.45, 2.75) is 13.3 Å². The lowest BCUT2D eigenvalue weighted by Crippen LogP contribution is -1.87. The second kappa shape index (κ2) is 3.54. The highest BCUT2D eigenvalue weighted by Crippen LogP contribution is 2.24. The van der Waals surface area contributed by atoms with E-state index in [0.717, 1.165) is 17.5 Å². The van der Waals surface area contributed by atoms with Crippen molar-refractivity contribution in [1.82, 2.24) is 5.16 Å². The summed E-state index contributed by atoms with van der Waals surface area (Å²) in [5.74, 6) is 0.439. The molecule has 0 radical (unpaired) electrons. The van der Waals surface area contributed by atoms with E-state index in [1.807, 2.05) is 12.1 Å². The third-order valence-corrected chi connectivity index (χ3v) is 2.27. The minimum Gasteiger partial charge on any atom is -0.380 e. The first kappa shape index (κ1) is 8.81. The number of hydrogen-bond donors (Lipinski definition) is 1. The SMILES string of the molecule is CCc1ccc(-c2conc2N)cc1. The van der Waals surface area contributed by atoms with Crippen LogP contribution in [-0.2, 0) is 6.42 Å². The lowest BCUT2D eigenvalue weighted by molar-refractivity contribution is 0.423. The standard InChI is InChI=1S/C11H12N2O/c1-2-8-3-5-9(6-4-8)10-7-14-13-11(10)12/h3-7H,2H2,1H3,(H2,12,13). The van der Waals surface area contributed by atoms with Crippen molar-refractivity contribution in [2.24, 2.45) is 0 Å². The minimum atomic E-state index is 0.439. The van der Waals surface area contributed by atoms with Gasteiger partial charge in [-0.15, -0.1) is 0 Å². The van der Waals surface area contributed by atoms with Crippen LogP contribution >= 0.6 is 0 Å². The highest BCUT2D eigenvalue weighted by atomic mass is 16.5. The molecule has 0 fully saturated rings. The van der Waals surface area contributed by atoms with Gasteiger partial charge in [0.25, 0.3) is 0 Å². The molecule has 2 N–H and O–H groups in total. The van der Waals surface area contributed by atoms with Crippen LogP contribution in [0.3, 0.4) is 0 Å². The fraction of sp³-hybridized carbons (Fsp3) is 0.182. The average Bonchev–Trinajstić information content (AvgIpc) is 2.65. The molecule has 0 aliphatic heterocycles. The van der Waals surface area contributed by atoms with E-state index < -0.39 is 0 Å². The van der Waals surface area contributed by atoms with Crippen molar-refractivity contribution < 1.29 is 4.52 Å². The smallest absolute Gasteiger partial charge is 0.174 e. The number of nitrogens with zero attached hydrogens (tertiary/aromatic N) is 1. The second-order valence-electron chi connectivity index (χ2n) is 3.16. The van der Waals surface area contributed by atoms with Crippen LogP contribution in [0.25, 0.3) is 11.1 Å². The fourth-order valence-corrected chi connectivity index (χ4v) is 1.38. The molecule has 0 saturated heterocycles. The molecule has 0 aliphatic carbocycles. The van der Waals surface area contributed by atoms with Gasteiger partial charge in [-0.2, -0.15) is 0 Å². The highest BCUT2D eigenvalue weighted by molar-refractivity contribution is 5.72. The van der Waals surface area contributed by atoms with Gasteiger partial charge in [0, 0.05) is 0 Å². The van der Waals surface area contributed by atoms with Gasteiger partial charge in [-0.25, -0.2) is 0 Å². The maximum atomic E-state index is 5.64. The van der Waals surface area contributed by atoms with Gasteiger partial charge < -0.3 is 10.3 Å². The van der Waals surface area contributed by atoms with Gasteiger partial charge in [0.1, 0.15) is 6.26 Å². The Morgan fingerprint density at radius 2 is 2.00 bits per heavy atom.